The molecule has 0 heterocycles. The van der Waals surface area contributed by atoms with Gasteiger partial charge in [0.2, 0.25) is 0 Å². The largest absolute Gasteiger partial charge is 0.508 e. The molecule has 1 rings (SSSR count). The molecule has 19 heavy (non-hydrogen) atoms. The molecule has 1 heteroatoms. The Bertz CT molecular complexity index is 475. The lowest BCUT2D eigenvalue weighted by atomic mass is 9.79. The Labute approximate surface area is 117 Å². The highest BCUT2D eigenvalue weighted by Crippen LogP contribution is 2.35. The van der Waals surface area contributed by atoms with Crippen molar-refractivity contribution in [2.75, 3.05) is 0 Å². The first-order valence-electron chi connectivity index (χ1n) is 6.60. The van der Waals surface area contributed by atoms with Gasteiger partial charge >= 0.3 is 0 Å². The number of phenolic OH excluding ortho intramolecular Hbond substituents is 1. The van der Waals surface area contributed by atoms with E-state index in [4.69, 9.17) is 0 Å². The SMILES string of the molecule is C=C[C@](C)(CC=C(C)C)CC(=C)c1ccc(O)cc1. The van der Waals surface area contributed by atoms with Crippen LogP contribution in [0.5, 0.6) is 5.75 Å². The highest BCUT2D eigenvalue weighted by Gasteiger charge is 2.20. The smallest absolute Gasteiger partial charge is 0.115 e. The second-order valence-electron chi connectivity index (χ2n) is 5.67. The topological polar surface area (TPSA) is 20.2 Å². The molecule has 1 nitrogen and oxygen atoms in total. The number of allylic oxidation sites excluding steroid dienone is 4. The van der Waals surface area contributed by atoms with Crippen LogP contribution in [0.25, 0.3) is 5.57 Å². The first-order chi connectivity index (χ1) is 8.86. The van der Waals surface area contributed by atoms with E-state index in [0.717, 1.165) is 24.0 Å². The molecule has 0 radical (unpaired) electrons. The van der Waals surface area contributed by atoms with Crippen molar-refractivity contribution in [2.45, 2.75) is 33.6 Å². The Balaban J connectivity index is 2.80. The van der Waals surface area contributed by atoms with Crippen LogP contribution in [0, 0.1) is 5.41 Å². The van der Waals surface area contributed by atoms with Gasteiger partial charge < -0.3 is 5.11 Å². The van der Waals surface area contributed by atoms with E-state index >= 15 is 0 Å². The van der Waals surface area contributed by atoms with Crippen LogP contribution in [0.1, 0.15) is 39.2 Å². The van der Waals surface area contributed by atoms with Gasteiger partial charge in [0.25, 0.3) is 0 Å². The van der Waals surface area contributed by atoms with Crippen LogP contribution in [0.3, 0.4) is 0 Å². The maximum Gasteiger partial charge on any atom is 0.115 e. The average Bonchev–Trinajstić information content (AvgIpc) is 2.37. The van der Waals surface area contributed by atoms with Crippen molar-refractivity contribution in [1.82, 2.24) is 0 Å². The maximum atomic E-state index is 9.31. The van der Waals surface area contributed by atoms with E-state index in [1.165, 1.54) is 5.57 Å². The molecule has 0 aliphatic rings. The molecule has 0 bridgehead atoms. The summed E-state index contributed by atoms with van der Waals surface area (Å²) in [6.45, 7) is 14.5. The summed E-state index contributed by atoms with van der Waals surface area (Å²) in [7, 11) is 0. The van der Waals surface area contributed by atoms with E-state index in [1.807, 2.05) is 18.2 Å². The fourth-order valence-corrected chi connectivity index (χ4v) is 1.95. The monoisotopic (exact) mass is 256 g/mol. The number of rotatable bonds is 6. The number of benzene rings is 1. The van der Waals surface area contributed by atoms with Gasteiger partial charge in [-0.1, -0.05) is 43.4 Å². The Morgan fingerprint density at radius 2 is 1.84 bits per heavy atom. The summed E-state index contributed by atoms with van der Waals surface area (Å²) in [5, 5.41) is 9.31. The van der Waals surface area contributed by atoms with Crippen LogP contribution in [-0.4, -0.2) is 5.11 Å². The van der Waals surface area contributed by atoms with Crippen LogP contribution in [-0.2, 0) is 0 Å². The molecule has 0 aliphatic carbocycles. The van der Waals surface area contributed by atoms with Gasteiger partial charge in [0.1, 0.15) is 5.75 Å². The Morgan fingerprint density at radius 3 is 2.32 bits per heavy atom. The minimum Gasteiger partial charge on any atom is -0.508 e. The van der Waals surface area contributed by atoms with Crippen LogP contribution in [0.2, 0.25) is 0 Å². The Morgan fingerprint density at radius 1 is 1.26 bits per heavy atom. The lowest BCUT2D eigenvalue weighted by Crippen LogP contribution is -2.12. The van der Waals surface area contributed by atoms with Crippen molar-refractivity contribution in [3.63, 3.8) is 0 Å². The number of hydrogen-bond donors (Lipinski definition) is 1. The van der Waals surface area contributed by atoms with Gasteiger partial charge in [-0.05, 0) is 55.4 Å². The second kappa shape index (κ2) is 6.42. The minimum absolute atomic E-state index is 0.0201. The van der Waals surface area contributed by atoms with Gasteiger partial charge in [-0.25, -0.2) is 0 Å². The lowest BCUT2D eigenvalue weighted by Gasteiger charge is -2.26. The summed E-state index contributed by atoms with van der Waals surface area (Å²) in [4.78, 5) is 0. The zero-order valence-electron chi connectivity index (χ0n) is 12.2. The van der Waals surface area contributed by atoms with Crippen molar-refractivity contribution in [2.24, 2.45) is 5.41 Å². The number of phenols is 1. The van der Waals surface area contributed by atoms with Crippen LogP contribution >= 0.6 is 0 Å². The van der Waals surface area contributed by atoms with Gasteiger partial charge in [-0.2, -0.15) is 0 Å². The zero-order valence-corrected chi connectivity index (χ0v) is 12.2. The normalized spacial score (nSPS) is 13.4. The summed E-state index contributed by atoms with van der Waals surface area (Å²) in [5.74, 6) is 0.285. The van der Waals surface area contributed by atoms with Gasteiger partial charge in [0, 0.05) is 0 Å². The van der Waals surface area contributed by atoms with E-state index in [0.29, 0.717) is 0 Å². The van der Waals surface area contributed by atoms with E-state index < -0.39 is 0 Å². The van der Waals surface area contributed by atoms with Crippen molar-refractivity contribution >= 4 is 5.57 Å². The van der Waals surface area contributed by atoms with Crippen molar-refractivity contribution in [3.05, 3.63) is 60.7 Å². The lowest BCUT2D eigenvalue weighted by molar-refractivity contribution is 0.447. The van der Waals surface area contributed by atoms with Crippen LogP contribution < -0.4 is 0 Å². The molecular formula is C18H24O. The fraction of sp³-hybridized carbons (Fsp3) is 0.333. The van der Waals surface area contributed by atoms with Crippen molar-refractivity contribution in [3.8, 4) is 5.75 Å². The van der Waals surface area contributed by atoms with E-state index in [2.05, 4.69) is 40.0 Å². The summed E-state index contributed by atoms with van der Waals surface area (Å²) in [6.07, 6.45) is 6.09. The molecule has 1 aromatic rings. The molecule has 1 N–H and O–H groups in total. The molecule has 0 amide bonds. The maximum absolute atomic E-state index is 9.31. The molecule has 0 aliphatic heterocycles. The first-order valence-corrected chi connectivity index (χ1v) is 6.60. The zero-order chi connectivity index (χ0) is 14.5. The average molecular weight is 256 g/mol. The van der Waals surface area contributed by atoms with E-state index in [1.54, 1.807) is 12.1 Å². The molecule has 0 fully saturated rings. The molecule has 1 aromatic carbocycles. The first kappa shape index (κ1) is 15.3. The predicted octanol–water partition coefficient (Wildman–Crippen LogP) is 5.34. The van der Waals surface area contributed by atoms with Crippen molar-refractivity contribution < 1.29 is 5.11 Å². The van der Waals surface area contributed by atoms with Gasteiger partial charge in [-0.15, -0.1) is 6.58 Å². The van der Waals surface area contributed by atoms with E-state index in [-0.39, 0.29) is 11.2 Å². The molecule has 1 atom stereocenters. The summed E-state index contributed by atoms with van der Waals surface area (Å²) < 4.78 is 0. The number of hydrogen-bond acceptors (Lipinski definition) is 1. The molecule has 0 aromatic heterocycles. The fourth-order valence-electron chi connectivity index (χ4n) is 1.95. The van der Waals surface area contributed by atoms with E-state index in [9.17, 15) is 5.11 Å². The molecular weight excluding hydrogens is 232 g/mol. The molecule has 102 valence electrons. The standard InChI is InChI=1S/C18H24O/c1-6-18(5,12-11-14(2)3)13-15(4)16-7-9-17(19)10-8-16/h6-11,19H,1,4,12-13H2,2-3,5H3/t18-/m1/s1. The summed E-state index contributed by atoms with van der Waals surface area (Å²) >= 11 is 0. The quantitative estimate of drug-likeness (QED) is 0.681. The molecule has 0 unspecified atom stereocenters. The second-order valence-corrected chi connectivity index (χ2v) is 5.67. The van der Waals surface area contributed by atoms with Crippen LogP contribution in [0.15, 0.2) is 55.1 Å². The minimum atomic E-state index is 0.0201. The highest BCUT2D eigenvalue weighted by molar-refractivity contribution is 5.64. The predicted molar refractivity (Wildman–Crippen MR) is 84.1 cm³/mol. The number of aromatic hydroxyl groups is 1. The Kier molecular flexibility index (Phi) is 5.17. The van der Waals surface area contributed by atoms with Crippen LogP contribution in [0.4, 0.5) is 0 Å². The van der Waals surface area contributed by atoms with Crippen molar-refractivity contribution in [1.29, 1.82) is 0 Å². The van der Waals surface area contributed by atoms with Gasteiger partial charge in [0.05, 0.1) is 0 Å². The Hall–Kier alpha value is -1.76. The van der Waals surface area contributed by atoms with Gasteiger partial charge in [-0.3, -0.25) is 0 Å². The third kappa shape index (κ3) is 4.78. The summed E-state index contributed by atoms with van der Waals surface area (Å²) in [6, 6.07) is 7.20. The molecule has 0 saturated carbocycles. The third-order valence-electron chi connectivity index (χ3n) is 3.36. The highest BCUT2D eigenvalue weighted by atomic mass is 16.3. The van der Waals surface area contributed by atoms with Gasteiger partial charge in [0.15, 0.2) is 0 Å². The third-order valence-corrected chi connectivity index (χ3v) is 3.36. The molecule has 0 spiro atoms. The molecule has 0 saturated heterocycles. The summed E-state index contributed by atoms with van der Waals surface area (Å²) in [5.41, 5.74) is 3.49.